The molecule has 0 saturated carbocycles. The van der Waals surface area contributed by atoms with E-state index < -0.39 is 0 Å². The van der Waals surface area contributed by atoms with Crippen molar-refractivity contribution in [3.63, 3.8) is 0 Å². The molecule has 0 unspecified atom stereocenters. The van der Waals surface area contributed by atoms with E-state index in [0.717, 1.165) is 24.1 Å². The second-order valence-corrected chi connectivity index (χ2v) is 2.59. The van der Waals surface area contributed by atoms with Gasteiger partial charge in [0, 0.05) is 5.71 Å². The van der Waals surface area contributed by atoms with Gasteiger partial charge in [-0.15, -0.1) is 0 Å². The van der Waals surface area contributed by atoms with Crippen LogP contribution in [0, 0.1) is 5.41 Å². The Hall–Kier alpha value is -1.11. The first-order chi connectivity index (χ1) is 5.34. The largest absolute Gasteiger partial charge is 0.305 e. The molecule has 0 heterocycles. The highest BCUT2D eigenvalue weighted by molar-refractivity contribution is 5.97. The van der Waals surface area contributed by atoms with Crippen molar-refractivity contribution in [2.45, 2.75) is 19.8 Å². The van der Waals surface area contributed by atoms with Gasteiger partial charge in [0.05, 0.1) is 0 Å². The van der Waals surface area contributed by atoms with Crippen LogP contribution in [0.25, 0.3) is 0 Å². The molecule has 0 amide bonds. The Bertz CT molecular complexity index is 226. The number of nitrogens with one attached hydrogen (secondary N) is 1. The molecule has 0 atom stereocenters. The maximum atomic E-state index is 7.63. The zero-order chi connectivity index (χ0) is 8.10. The van der Waals surface area contributed by atoms with E-state index in [1.807, 2.05) is 30.3 Å². The quantitative estimate of drug-likeness (QED) is 0.636. The zero-order valence-corrected chi connectivity index (χ0v) is 6.80. The number of benzene rings is 1. The number of hydrogen-bond acceptors (Lipinski definition) is 1. The molecule has 11 heavy (non-hydrogen) atoms. The fraction of sp³-hybridized carbons (Fsp3) is 0.300. The van der Waals surface area contributed by atoms with Gasteiger partial charge in [-0.05, 0) is 12.0 Å². The van der Waals surface area contributed by atoms with E-state index in [9.17, 15) is 0 Å². The number of hydrogen-bond donors (Lipinski definition) is 1. The van der Waals surface area contributed by atoms with Crippen LogP contribution >= 0.6 is 0 Å². The van der Waals surface area contributed by atoms with Crippen LogP contribution in [0.5, 0.6) is 0 Å². The Balaban J connectivity index is 2.69. The molecule has 0 aromatic heterocycles. The van der Waals surface area contributed by atoms with Crippen molar-refractivity contribution in [3.05, 3.63) is 35.9 Å². The summed E-state index contributed by atoms with van der Waals surface area (Å²) >= 11 is 0. The van der Waals surface area contributed by atoms with Crippen molar-refractivity contribution >= 4 is 5.71 Å². The Morgan fingerprint density at radius 2 is 1.91 bits per heavy atom. The maximum Gasteiger partial charge on any atom is 0.0386 e. The molecule has 0 fully saturated rings. The molecule has 0 radical (unpaired) electrons. The van der Waals surface area contributed by atoms with Gasteiger partial charge in [-0.25, -0.2) is 0 Å². The summed E-state index contributed by atoms with van der Waals surface area (Å²) in [7, 11) is 0. The van der Waals surface area contributed by atoms with Crippen LogP contribution in [0.15, 0.2) is 30.3 Å². The fourth-order valence-electron chi connectivity index (χ4n) is 1.03. The van der Waals surface area contributed by atoms with Crippen LogP contribution in [-0.2, 0) is 0 Å². The van der Waals surface area contributed by atoms with Crippen molar-refractivity contribution < 1.29 is 0 Å². The van der Waals surface area contributed by atoms with Gasteiger partial charge in [0.1, 0.15) is 0 Å². The van der Waals surface area contributed by atoms with E-state index >= 15 is 0 Å². The average Bonchev–Trinajstić information content (AvgIpc) is 2.07. The summed E-state index contributed by atoms with van der Waals surface area (Å²) in [5, 5.41) is 7.63. The van der Waals surface area contributed by atoms with E-state index in [1.165, 1.54) is 0 Å². The van der Waals surface area contributed by atoms with Crippen molar-refractivity contribution in [1.29, 1.82) is 5.41 Å². The lowest BCUT2D eigenvalue weighted by Crippen LogP contribution is -1.96. The molecule has 1 aromatic rings. The Labute approximate surface area is 67.6 Å². The summed E-state index contributed by atoms with van der Waals surface area (Å²) in [4.78, 5) is 0. The van der Waals surface area contributed by atoms with Crippen molar-refractivity contribution in [1.82, 2.24) is 0 Å². The summed E-state index contributed by atoms with van der Waals surface area (Å²) in [6, 6.07) is 9.89. The topological polar surface area (TPSA) is 23.9 Å². The molecule has 1 aromatic carbocycles. The fourth-order valence-corrected chi connectivity index (χ4v) is 1.03. The highest BCUT2D eigenvalue weighted by atomic mass is 14.4. The van der Waals surface area contributed by atoms with E-state index in [2.05, 4.69) is 6.92 Å². The normalized spacial score (nSPS) is 9.55. The minimum absolute atomic E-state index is 0.744. The third-order valence-electron chi connectivity index (χ3n) is 1.62. The van der Waals surface area contributed by atoms with Crippen LogP contribution in [0.4, 0.5) is 0 Å². The third-order valence-corrected chi connectivity index (χ3v) is 1.62. The van der Waals surface area contributed by atoms with Crippen LogP contribution in [-0.4, -0.2) is 5.71 Å². The molecular weight excluding hydrogens is 134 g/mol. The summed E-state index contributed by atoms with van der Waals surface area (Å²) in [5.74, 6) is 0. The molecule has 0 saturated heterocycles. The lowest BCUT2D eigenvalue weighted by atomic mass is 10.1. The molecule has 1 rings (SSSR count). The predicted molar refractivity (Wildman–Crippen MR) is 48.2 cm³/mol. The minimum Gasteiger partial charge on any atom is -0.305 e. The second-order valence-electron chi connectivity index (χ2n) is 2.59. The van der Waals surface area contributed by atoms with Crippen LogP contribution < -0.4 is 0 Å². The summed E-state index contributed by atoms with van der Waals surface area (Å²) in [6.45, 7) is 2.09. The van der Waals surface area contributed by atoms with E-state index in [-0.39, 0.29) is 0 Å². The van der Waals surface area contributed by atoms with Crippen LogP contribution in [0.2, 0.25) is 0 Å². The molecule has 1 N–H and O–H groups in total. The van der Waals surface area contributed by atoms with Gasteiger partial charge in [0.25, 0.3) is 0 Å². The standard InChI is InChI=1S/C10H13N/c1-2-6-10(11)9-7-4-3-5-8-9/h3-5,7-8,11H,2,6H2,1H3. The first kappa shape index (κ1) is 7.99. The second kappa shape index (κ2) is 3.91. The lowest BCUT2D eigenvalue weighted by molar-refractivity contribution is 0.986. The highest BCUT2D eigenvalue weighted by Crippen LogP contribution is 2.03. The molecule has 1 heteroatoms. The summed E-state index contributed by atoms with van der Waals surface area (Å²) in [6.07, 6.45) is 1.93. The number of rotatable bonds is 3. The van der Waals surface area contributed by atoms with Gasteiger partial charge in [-0.3, -0.25) is 0 Å². The van der Waals surface area contributed by atoms with Gasteiger partial charge in [0.15, 0.2) is 0 Å². The van der Waals surface area contributed by atoms with Crippen molar-refractivity contribution in [2.75, 3.05) is 0 Å². The molecule has 0 aliphatic rings. The Morgan fingerprint density at radius 1 is 1.27 bits per heavy atom. The lowest BCUT2D eigenvalue weighted by Gasteiger charge is -1.99. The first-order valence-corrected chi connectivity index (χ1v) is 3.97. The molecule has 0 aliphatic carbocycles. The molecule has 58 valence electrons. The summed E-state index contributed by atoms with van der Waals surface area (Å²) < 4.78 is 0. The van der Waals surface area contributed by atoms with Crippen molar-refractivity contribution in [3.8, 4) is 0 Å². The van der Waals surface area contributed by atoms with Gasteiger partial charge in [0.2, 0.25) is 0 Å². The molecule has 0 bridgehead atoms. The average molecular weight is 147 g/mol. The summed E-state index contributed by atoms with van der Waals surface area (Å²) in [5.41, 5.74) is 1.79. The van der Waals surface area contributed by atoms with Gasteiger partial charge >= 0.3 is 0 Å². The third kappa shape index (κ3) is 2.19. The van der Waals surface area contributed by atoms with Crippen molar-refractivity contribution in [2.24, 2.45) is 0 Å². The minimum atomic E-state index is 0.744. The van der Waals surface area contributed by atoms with Gasteiger partial charge in [-0.2, -0.15) is 0 Å². The van der Waals surface area contributed by atoms with Crippen LogP contribution in [0.3, 0.4) is 0 Å². The SMILES string of the molecule is CCCC(=N)c1ccccc1. The highest BCUT2D eigenvalue weighted by Gasteiger charge is 1.96. The predicted octanol–water partition coefficient (Wildman–Crippen LogP) is 2.85. The molecular formula is C10H13N. The van der Waals surface area contributed by atoms with E-state index in [0.29, 0.717) is 0 Å². The van der Waals surface area contributed by atoms with Gasteiger partial charge in [-0.1, -0.05) is 43.7 Å². The smallest absolute Gasteiger partial charge is 0.0386 e. The molecule has 1 nitrogen and oxygen atoms in total. The molecule has 0 aliphatic heterocycles. The van der Waals surface area contributed by atoms with E-state index in [4.69, 9.17) is 5.41 Å². The molecule has 0 spiro atoms. The van der Waals surface area contributed by atoms with E-state index in [1.54, 1.807) is 0 Å². The maximum absolute atomic E-state index is 7.63. The Kier molecular flexibility index (Phi) is 2.84. The van der Waals surface area contributed by atoms with Crippen LogP contribution in [0.1, 0.15) is 25.3 Å². The zero-order valence-electron chi connectivity index (χ0n) is 6.80. The Morgan fingerprint density at radius 3 is 2.45 bits per heavy atom. The van der Waals surface area contributed by atoms with Gasteiger partial charge < -0.3 is 5.41 Å². The monoisotopic (exact) mass is 147 g/mol. The first-order valence-electron chi connectivity index (χ1n) is 3.97.